The number of aliphatic hydroxyl groups is 1. The lowest BCUT2D eigenvalue weighted by atomic mass is 10.2. The third-order valence-electron chi connectivity index (χ3n) is 4.87. The minimum absolute atomic E-state index is 0.0536. The Hall–Kier alpha value is -2.59. The number of ether oxygens (including phenoxy) is 1. The molecule has 0 spiro atoms. The van der Waals surface area contributed by atoms with Gasteiger partial charge >= 0.3 is 0 Å². The van der Waals surface area contributed by atoms with Gasteiger partial charge in [-0.3, -0.25) is 9.69 Å². The van der Waals surface area contributed by atoms with E-state index in [0.29, 0.717) is 48.1 Å². The van der Waals surface area contributed by atoms with Gasteiger partial charge in [0.25, 0.3) is 5.91 Å². The lowest BCUT2D eigenvalue weighted by Crippen LogP contribution is -2.39. The summed E-state index contributed by atoms with van der Waals surface area (Å²) in [5.41, 5.74) is 1.09. The van der Waals surface area contributed by atoms with Crippen molar-refractivity contribution >= 4 is 17.5 Å². The quantitative estimate of drug-likeness (QED) is 0.788. The summed E-state index contributed by atoms with van der Waals surface area (Å²) in [4.78, 5) is 16.7. The fraction of sp³-hybridized carbons (Fsp3) is 0.364. The van der Waals surface area contributed by atoms with Gasteiger partial charge in [-0.05, 0) is 49.4 Å². The molecule has 1 fully saturated rings. The Morgan fingerprint density at radius 3 is 2.62 bits per heavy atom. The fourth-order valence-electron chi connectivity index (χ4n) is 3.33. The van der Waals surface area contributed by atoms with E-state index in [2.05, 4.69) is 11.0 Å². The van der Waals surface area contributed by atoms with E-state index in [4.69, 9.17) is 21.6 Å². The Balaban J connectivity index is 1.47. The molecule has 2 aromatic carbocycles. The summed E-state index contributed by atoms with van der Waals surface area (Å²) >= 11 is 6.16. The molecule has 1 aliphatic heterocycles. The van der Waals surface area contributed by atoms with E-state index in [-0.39, 0.29) is 12.5 Å². The van der Waals surface area contributed by atoms with Crippen LogP contribution >= 0.6 is 11.6 Å². The van der Waals surface area contributed by atoms with Crippen molar-refractivity contribution in [3.05, 3.63) is 64.7 Å². The zero-order chi connectivity index (χ0) is 20.6. The number of carbonyl (C=O) groups excluding carboxylic acids is 1. The minimum Gasteiger partial charge on any atom is -0.491 e. The zero-order valence-corrected chi connectivity index (χ0v) is 16.9. The molecule has 0 aromatic heterocycles. The van der Waals surface area contributed by atoms with Crippen molar-refractivity contribution in [3.63, 3.8) is 0 Å². The van der Waals surface area contributed by atoms with Gasteiger partial charge in [0, 0.05) is 26.2 Å². The summed E-state index contributed by atoms with van der Waals surface area (Å²) in [7, 11) is 0. The zero-order valence-electron chi connectivity index (χ0n) is 16.1. The van der Waals surface area contributed by atoms with Gasteiger partial charge in [-0.25, -0.2) is 0 Å². The molecule has 0 aliphatic carbocycles. The van der Waals surface area contributed by atoms with Crippen molar-refractivity contribution in [2.75, 3.05) is 39.3 Å². The number of rotatable bonds is 6. The topological polar surface area (TPSA) is 76.8 Å². The number of amides is 1. The molecular formula is C22H24ClN3O3. The van der Waals surface area contributed by atoms with E-state index < -0.39 is 6.10 Å². The SMILES string of the molecule is N#Cc1ccc(OCC(O)CN2CCCN(C(=O)c3ccccc3Cl)CC2)cc1. The second-order valence-corrected chi connectivity index (χ2v) is 7.43. The summed E-state index contributed by atoms with van der Waals surface area (Å²) < 4.78 is 5.61. The highest BCUT2D eigenvalue weighted by Gasteiger charge is 2.23. The first-order valence-corrected chi connectivity index (χ1v) is 10.0. The van der Waals surface area contributed by atoms with Gasteiger partial charge < -0.3 is 14.7 Å². The molecule has 1 unspecified atom stereocenters. The monoisotopic (exact) mass is 413 g/mol. The van der Waals surface area contributed by atoms with Gasteiger partial charge in [0.1, 0.15) is 18.5 Å². The number of hydrogen-bond donors (Lipinski definition) is 1. The summed E-state index contributed by atoms with van der Waals surface area (Å²) in [6.45, 7) is 3.39. The van der Waals surface area contributed by atoms with Gasteiger partial charge in [-0.2, -0.15) is 5.26 Å². The Kier molecular flexibility index (Phi) is 7.48. The van der Waals surface area contributed by atoms with Crippen LogP contribution in [0.4, 0.5) is 0 Å². The third-order valence-corrected chi connectivity index (χ3v) is 5.20. The van der Waals surface area contributed by atoms with E-state index >= 15 is 0 Å². The normalized spacial score (nSPS) is 16.0. The number of benzene rings is 2. The summed E-state index contributed by atoms with van der Waals surface area (Å²) in [5, 5.41) is 19.6. The molecule has 1 heterocycles. The first-order valence-electron chi connectivity index (χ1n) is 9.64. The minimum atomic E-state index is -0.642. The van der Waals surface area contributed by atoms with Crippen molar-refractivity contribution < 1.29 is 14.6 Å². The second kappa shape index (κ2) is 10.3. The van der Waals surface area contributed by atoms with Gasteiger partial charge in [0.05, 0.1) is 22.2 Å². The molecule has 1 atom stereocenters. The lowest BCUT2D eigenvalue weighted by Gasteiger charge is -2.24. The molecule has 1 N–H and O–H groups in total. The molecule has 0 radical (unpaired) electrons. The second-order valence-electron chi connectivity index (χ2n) is 7.03. The molecule has 0 saturated carbocycles. The maximum atomic E-state index is 12.7. The average molecular weight is 414 g/mol. The average Bonchev–Trinajstić information content (AvgIpc) is 2.98. The molecular weight excluding hydrogens is 390 g/mol. The Morgan fingerprint density at radius 2 is 1.90 bits per heavy atom. The van der Waals surface area contributed by atoms with Crippen LogP contribution in [0.15, 0.2) is 48.5 Å². The van der Waals surface area contributed by atoms with Crippen LogP contribution in [0.25, 0.3) is 0 Å². The van der Waals surface area contributed by atoms with Crippen LogP contribution in [0.5, 0.6) is 5.75 Å². The number of nitriles is 1. The third kappa shape index (κ3) is 5.94. The number of nitrogens with zero attached hydrogens (tertiary/aromatic N) is 3. The van der Waals surface area contributed by atoms with E-state index in [9.17, 15) is 9.90 Å². The van der Waals surface area contributed by atoms with Crippen molar-refractivity contribution in [3.8, 4) is 11.8 Å². The van der Waals surface area contributed by atoms with E-state index in [1.807, 2.05) is 17.0 Å². The number of hydrogen-bond acceptors (Lipinski definition) is 5. The molecule has 0 bridgehead atoms. The molecule has 152 valence electrons. The predicted octanol–water partition coefficient (Wildman–Crippen LogP) is 2.80. The number of aliphatic hydroxyl groups excluding tert-OH is 1. The number of carbonyl (C=O) groups is 1. The maximum Gasteiger partial charge on any atom is 0.255 e. The molecule has 6 nitrogen and oxygen atoms in total. The lowest BCUT2D eigenvalue weighted by molar-refractivity contribution is 0.0670. The predicted molar refractivity (Wildman–Crippen MR) is 111 cm³/mol. The molecule has 2 aromatic rings. The van der Waals surface area contributed by atoms with Crippen LogP contribution in [-0.4, -0.2) is 66.2 Å². The smallest absolute Gasteiger partial charge is 0.255 e. The van der Waals surface area contributed by atoms with Gasteiger partial charge in [0.15, 0.2) is 0 Å². The molecule has 1 aliphatic rings. The van der Waals surface area contributed by atoms with Gasteiger partial charge in [0.2, 0.25) is 0 Å². The largest absolute Gasteiger partial charge is 0.491 e. The van der Waals surface area contributed by atoms with Crippen LogP contribution in [0.1, 0.15) is 22.3 Å². The highest BCUT2D eigenvalue weighted by Crippen LogP contribution is 2.18. The van der Waals surface area contributed by atoms with Crippen molar-refractivity contribution in [2.24, 2.45) is 0 Å². The first kappa shape index (κ1) is 21.1. The van der Waals surface area contributed by atoms with Crippen LogP contribution < -0.4 is 4.74 Å². The van der Waals surface area contributed by atoms with Crippen LogP contribution in [0.3, 0.4) is 0 Å². The first-order chi connectivity index (χ1) is 14.1. The van der Waals surface area contributed by atoms with Crippen molar-refractivity contribution in [1.82, 2.24) is 9.80 Å². The van der Waals surface area contributed by atoms with Crippen molar-refractivity contribution in [1.29, 1.82) is 5.26 Å². The highest BCUT2D eigenvalue weighted by atomic mass is 35.5. The summed E-state index contributed by atoms with van der Waals surface area (Å²) in [5.74, 6) is 0.567. The Morgan fingerprint density at radius 1 is 1.14 bits per heavy atom. The number of halogens is 1. The van der Waals surface area contributed by atoms with Crippen LogP contribution in [0.2, 0.25) is 5.02 Å². The Bertz CT molecular complexity index is 866. The van der Waals surface area contributed by atoms with Crippen LogP contribution in [-0.2, 0) is 0 Å². The van der Waals surface area contributed by atoms with E-state index in [1.54, 1.807) is 36.4 Å². The van der Waals surface area contributed by atoms with Crippen LogP contribution in [0, 0.1) is 11.3 Å². The van der Waals surface area contributed by atoms with Crippen molar-refractivity contribution in [2.45, 2.75) is 12.5 Å². The molecule has 7 heteroatoms. The maximum absolute atomic E-state index is 12.7. The molecule has 1 saturated heterocycles. The number of β-amino-alcohol motifs (C(OH)–C–C–N with tert-alkyl or cyclic N) is 1. The molecule has 3 rings (SSSR count). The summed E-state index contributed by atoms with van der Waals surface area (Å²) in [6, 6.07) is 16.0. The van der Waals surface area contributed by atoms with E-state index in [1.165, 1.54) is 0 Å². The highest BCUT2D eigenvalue weighted by molar-refractivity contribution is 6.33. The van der Waals surface area contributed by atoms with E-state index in [0.717, 1.165) is 13.0 Å². The molecule has 29 heavy (non-hydrogen) atoms. The molecule has 1 amide bonds. The Labute approximate surface area is 175 Å². The summed E-state index contributed by atoms with van der Waals surface area (Å²) in [6.07, 6.45) is 0.191. The van der Waals surface area contributed by atoms with Gasteiger partial charge in [-0.1, -0.05) is 23.7 Å². The van der Waals surface area contributed by atoms with Gasteiger partial charge in [-0.15, -0.1) is 0 Å². The standard InChI is InChI=1S/C22H24ClN3O3/c23-21-5-2-1-4-20(21)22(28)26-11-3-10-25(12-13-26)15-18(27)16-29-19-8-6-17(14-24)7-9-19/h1-2,4-9,18,27H,3,10-13,15-16H2. The fourth-order valence-corrected chi connectivity index (χ4v) is 3.55.